The molecule has 0 N–H and O–H groups in total. The first kappa shape index (κ1) is 25.4. The molecule has 0 saturated heterocycles. The van der Waals surface area contributed by atoms with Crippen molar-refractivity contribution in [1.82, 2.24) is 0 Å². The fourth-order valence-corrected chi connectivity index (χ4v) is 8.70. The van der Waals surface area contributed by atoms with Crippen LogP contribution in [0, 0.1) is 20.2 Å². The van der Waals surface area contributed by atoms with Crippen molar-refractivity contribution in [2.24, 2.45) is 0 Å². The summed E-state index contributed by atoms with van der Waals surface area (Å²) in [7, 11) is -9.02. The number of nitro benzene ring substituents is 2. The van der Waals surface area contributed by atoms with Crippen LogP contribution in [0.1, 0.15) is 46.0 Å². The highest BCUT2D eigenvalue weighted by Gasteiger charge is 2.54. The molecule has 0 aliphatic heterocycles. The van der Waals surface area contributed by atoms with Crippen molar-refractivity contribution in [3.63, 3.8) is 0 Å². The van der Waals surface area contributed by atoms with Gasteiger partial charge in [-0.15, -0.1) is 0 Å². The van der Waals surface area contributed by atoms with Crippen molar-refractivity contribution in [3.8, 4) is 0 Å². The Kier molecular flexibility index (Phi) is 7.73. The summed E-state index contributed by atoms with van der Waals surface area (Å²) >= 11 is 0. The van der Waals surface area contributed by atoms with Crippen LogP contribution in [0.25, 0.3) is 0 Å². The van der Waals surface area contributed by atoms with E-state index in [2.05, 4.69) is 0 Å². The van der Waals surface area contributed by atoms with E-state index in [1.807, 2.05) is 6.92 Å². The van der Waals surface area contributed by atoms with Crippen LogP contribution < -0.4 is 0 Å². The second-order valence-electron chi connectivity index (χ2n) is 7.23. The Morgan fingerprint density at radius 2 is 1.09 bits per heavy atom. The molecule has 0 radical (unpaired) electrons. The van der Waals surface area contributed by atoms with Crippen LogP contribution in [0.3, 0.4) is 0 Å². The van der Waals surface area contributed by atoms with E-state index in [4.69, 9.17) is 0 Å². The number of non-ortho nitro benzene ring substituents is 2. The number of nitro groups is 2. The zero-order chi connectivity index (χ0) is 24.2. The summed E-state index contributed by atoms with van der Waals surface area (Å²) in [4.78, 5) is 19.8. The Morgan fingerprint density at radius 1 is 0.719 bits per heavy atom. The molecule has 0 fully saturated rings. The van der Waals surface area contributed by atoms with Crippen LogP contribution in [0.2, 0.25) is 0 Å². The number of nitrogens with zero attached hydrogens (tertiary/aromatic N) is 2. The second-order valence-corrected chi connectivity index (χ2v) is 12.0. The number of benzene rings is 2. The maximum absolute atomic E-state index is 13.7. The van der Waals surface area contributed by atoms with Gasteiger partial charge in [0.05, 0.1) is 19.6 Å². The van der Waals surface area contributed by atoms with E-state index in [0.29, 0.717) is 12.8 Å². The number of sulfone groups is 2. The Labute approximate surface area is 186 Å². The number of rotatable bonds is 11. The molecule has 2 aromatic carbocycles. The molecule has 174 valence electrons. The highest BCUT2D eigenvalue weighted by atomic mass is 32.3. The summed E-state index contributed by atoms with van der Waals surface area (Å²) in [6.07, 6.45) is 1.20. The third-order valence-electron chi connectivity index (χ3n) is 5.40. The van der Waals surface area contributed by atoms with E-state index in [-0.39, 0.29) is 34.0 Å². The smallest absolute Gasteiger partial charge is 0.258 e. The molecule has 0 amide bonds. The summed E-state index contributed by atoms with van der Waals surface area (Å²) < 4.78 is 52.6. The fourth-order valence-electron chi connectivity index (χ4n) is 3.54. The van der Waals surface area contributed by atoms with Gasteiger partial charge in [-0.3, -0.25) is 20.2 Å². The number of unbranched alkanes of at least 4 members (excludes halogenated alkanes) is 2. The lowest BCUT2D eigenvalue weighted by Gasteiger charge is -2.32. The lowest BCUT2D eigenvalue weighted by atomic mass is 10.1. The summed E-state index contributed by atoms with van der Waals surface area (Å²) in [5.74, 6) is 0. The number of hydrogen-bond acceptors (Lipinski definition) is 8. The van der Waals surface area contributed by atoms with Crippen molar-refractivity contribution in [2.75, 3.05) is 0 Å². The van der Waals surface area contributed by atoms with E-state index in [9.17, 15) is 37.1 Å². The first-order valence-corrected chi connectivity index (χ1v) is 12.9. The quantitative estimate of drug-likeness (QED) is 0.257. The van der Waals surface area contributed by atoms with E-state index in [1.165, 1.54) is 6.92 Å². The summed E-state index contributed by atoms with van der Waals surface area (Å²) in [5, 5.41) is 21.8. The minimum atomic E-state index is -4.51. The van der Waals surface area contributed by atoms with Crippen molar-refractivity contribution in [2.45, 2.75) is 59.8 Å². The summed E-state index contributed by atoms with van der Waals surface area (Å²) in [6.45, 7) is 3.35. The Balaban J connectivity index is 2.71. The van der Waals surface area contributed by atoms with Gasteiger partial charge in [0, 0.05) is 24.3 Å². The van der Waals surface area contributed by atoms with Crippen molar-refractivity contribution in [3.05, 3.63) is 68.8 Å². The molecule has 2 rings (SSSR count). The Morgan fingerprint density at radius 3 is 1.38 bits per heavy atom. The van der Waals surface area contributed by atoms with Gasteiger partial charge in [-0.25, -0.2) is 16.8 Å². The lowest BCUT2D eigenvalue weighted by molar-refractivity contribution is -0.385. The topological polar surface area (TPSA) is 155 Å². The Hall–Kier alpha value is -2.86. The fraction of sp³-hybridized carbons (Fsp3) is 0.400. The SMILES string of the molecule is CCCCCC(CC)(S(=O)(=O)c1ccc([N+](=O)[O-])cc1)S(=O)(=O)c1ccc([N+](=O)[O-])cc1. The van der Waals surface area contributed by atoms with Crippen molar-refractivity contribution >= 4 is 31.0 Å². The van der Waals surface area contributed by atoms with Crippen LogP contribution >= 0.6 is 0 Å². The van der Waals surface area contributed by atoms with E-state index < -0.39 is 33.6 Å². The maximum atomic E-state index is 13.7. The predicted molar refractivity (Wildman–Crippen MR) is 118 cm³/mol. The summed E-state index contributed by atoms with van der Waals surface area (Å²) in [6, 6.07) is 8.17. The first-order valence-electron chi connectivity index (χ1n) is 9.92. The van der Waals surface area contributed by atoms with Crippen LogP contribution in [0.4, 0.5) is 11.4 Å². The molecule has 12 heteroatoms. The average Bonchev–Trinajstić information content (AvgIpc) is 2.76. The molecular formula is C20H24N2O8S2. The van der Waals surface area contributed by atoms with Crippen molar-refractivity contribution < 1.29 is 26.7 Å². The minimum Gasteiger partial charge on any atom is -0.258 e. The van der Waals surface area contributed by atoms with Crippen LogP contribution in [-0.2, 0) is 19.7 Å². The molecule has 0 aromatic heterocycles. The third kappa shape index (κ3) is 4.51. The highest BCUT2D eigenvalue weighted by molar-refractivity contribution is 8.10. The molecule has 10 nitrogen and oxygen atoms in total. The monoisotopic (exact) mass is 484 g/mol. The van der Waals surface area contributed by atoms with Gasteiger partial charge in [-0.05, 0) is 37.1 Å². The van der Waals surface area contributed by atoms with Gasteiger partial charge in [-0.1, -0.05) is 33.1 Å². The van der Waals surface area contributed by atoms with Crippen LogP contribution in [0.5, 0.6) is 0 Å². The van der Waals surface area contributed by atoms with Crippen LogP contribution in [0.15, 0.2) is 58.3 Å². The maximum Gasteiger partial charge on any atom is 0.269 e. The third-order valence-corrected chi connectivity index (χ3v) is 11.4. The van der Waals surface area contributed by atoms with E-state index >= 15 is 0 Å². The zero-order valence-electron chi connectivity index (χ0n) is 17.6. The first-order chi connectivity index (χ1) is 14.9. The largest absolute Gasteiger partial charge is 0.269 e. The second kappa shape index (κ2) is 9.74. The standard InChI is InChI=1S/C20H24N2O8S2/c1-3-5-6-15-20(4-2,31(27,28)18-11-7-16(8-12-18)21(23)24)32(29,30)19-13-9-17(10-14-19)22(25)26/h7-14H,3-6,15H2,1-2H3. The molecule has 0 aliphatic carbocycles. The van der Waals surface area contributed by atoms with E-state index in [1.54, 1.807) is 0 Å². The van der Waals surface area contributed by atoms with Gasteiger partial charge in [0.15, 0.2) is 23.8 Å². The minimum absolute atomic E-state index is 0.185. The summed E-state index contributed by atoms with van der Waals surface area (Å²) in [5.41, 5.74) is -0.648. The zero-order valence-corrected chi connectivity index (χ0v) is 19.3. The molecule has 0 bridgehead atoms. The highest BCUT2D eigenvalue weighted by Crippen LogP contribution is 2.42. The van der Waals surface area contributed by atoms with Gasteiger partial charge >= 0.3 is 0 Å². The van der Waals surface area contributed by atoms with Gasteiger partial charge < -0.3 is 0 Å². The molecule has 0 spiro atoms. The van der Waals surface area contributed by atoms with Gasteiger partial charge in [0.1, 0.15) is 0 Å². The molecule has 0 saturated carbocycles. The molecule has 0 unspecified atom stereocenters. The molecule has 0 heterocycles. The average molecular weight is 485 g/mol. The molecule has 32 heavy (non-hydrogen) atoms. The molecule has 0 atom stereocenters. The molecule has 2 aromatic rings. The molecular weight excluding hydrogens is 460 g/mol. The molecule has 0 aliphatic rings. The normalized spacial score (nSPS) is 12.4. The lowest BCUT2D eigenvalue weighted by Crippen LogP contribution is -2.46. The van der Waals surface area contributed by atoms with E-state index in [0.717, 1.165) is 55.0 Å². The number of hydrogen-bond donors (Lipinski definition) is 0. The van der Waals surface area contributed by atoms with Crippen LogP contribution in [-0.4, -0.2) is 30.8 Å². The Bertz CT molecular complexity index is 1100. The predicted octanol–water partition coefficient (Wildman–Crippen LogP) is 4.44. The van der Waals surface area contributed by atoms with Gasteiger partial charge in [0.2, 0.25) is 0 Å². The van der Waals surface area contributed by atoms with Crippen molar-refractivity contribution in [1.29, 1.82) is 0 Å². The van der Waals surface area contributed by atoms with Gasteiger partial charge in [0.25, 0.3) is 11.4 Å². The van der Waals surface area contributed by atoms with Gasteiger partial charge in [-0.2, -0.15) is 0 Å².